The van der Waals surface area contributed by atoms with Crippen LogP contribution in [0.2, 0.25) is 0 Å². The fourth-order valence-electron chi connectivity index (χ4n) is 2.39. The first-order valence-corrected chi connectivity index (χ1v) is 6.69. The Morgan fingerprint density at radius 2 is 1.84 bits per heavy atom. The van der Waals surface area contributed by atoms with Crippen molar-refractivity contribution in [3.63, 3.8) is 0 Å². The van der Waals surface area contributed by atoms with Gasteiger partial charge in [-0.1, -0.05) is 43.3 Å². The average molecular weight is 250 g/mol. The molecule has 19 heavy (non-hydrogen) atoms. The van der Waals surface area contributed by atoms with Crippen LogP contribution in [-0.2, 0) is 0 Å². The molecule has 1 heterocycles. The van der Waals surface area contributed by atoms with Crippen LogP contribution in [0.5, 0.6) is 0 Å². The normalized spacial score (nSPS) is 13.5. The number of hydrogen-bond acceptors (Lipinski definition) is 2. The van der Waals surface area contributed by atoms with Crippen LogP contribution in [-0.4, -0.2) is 4.98 Å². The predicted molar refractivity (Wildman–Crippen MR) is 76.7 cm³/mol. The van der Waals surface area contributed by atoms with Crippen molar-refractivity contribution in [2.45, 2.75) is 31.6 Å². The predicted octanol–water partition coefficient (Wildman–Crippen LogP) is 4.27. The van der Waals surface area contributed by atoms with Gasteiger partial charge in [-0.05, 0) is 36.0 Å². The summed E-state index contributed by atoms with van der Waals surface area (Å²) in [5.74, 6) is 0.338. The standard InChI is InChI=1S/C17H18N2/c1-2-14(15-7-4-3-5-8-15)11-17(12-18)16-9-6-10-19-13-16/h3-10,13-14,17H,2,11H2,1H3/t14-,17+/m0/s1. The van der Waals surface area contributed by atoms with Gasteiger partial charge < -0.3 is 0 Å². The minimum absolute atomic E-state index is 0.0844. The SMILES string of the molecule is CC[C@@H](C[C@H](C#N)c1cccnc1)c1ccccc1. The second kappa shape index (κ2) is 6.70. The lowest BCUT2D eigenvalue weighted by Gasteiger charge is -2.18. The third-order valence-electron chi connectivity index (χ3n) is 3.53. The van der Waals surface area contributed by atoms with Crippen LogP contribution in [0.15, 0.2) is 54.9 Å². The second-order valence-electron chi connectivity index (χ2n) is 4.72. The molecule has 0 saturated carbocycles. The van der Waals surface area contributed by atoms with E-state index in [1.54, 1.807) is 12.4 Å². The summed E-state index contributed by atoms with van der Waals surface area (Å²) in [4.78, 5) is 4.11. The van der Waals surface area contributed by atoms with Gasteiger partial charge in [-0.25, -0.2) is 0 Å². The topological polar surface area (TPSA) is 36.7 Å². The van der Waals surface area contributed by atoms with Crippen molar-refractivity contribution in [2.24, 2.45) is 0 Å². The van der Waals surface area contributed by atoms with Gasteiger partial charge in [-0.2, -0.15) is 5.26 Å². The van der Waals surface area contributed by atoms with Gasteiger partial charge in [0.1, 0.15) is 0 Å². The first kappa shape index (κ1) is 13.3. The Morgan fingerprint density at radius 3 is 2.42 bits per heavy atom. The Balaban J connectivity index is 2.16. The molecule has 96 valence electrons. The average Bonchev–Trinajstić information content (AvgIpc) is 2.50. The number of aromatic nitrogens is 1. The number of benzene rings is 1. The van der Waals surface area contributed by atoms with Gasteiger partial charge in [0.25, 0.3) is 0 Å². The zero-order valence-electron chi connectivity index (χ0n) is 11.2. The molecular formula is C17H18N2. The molecule has 2 heteroatoms. The zero-order chi connectivity index (χ0) is 13.5. The van der Waals surface area contributed by atoms with Crippen molar-refractivity contribution in [3.8, 4) is 6.07 Å². The summed E-state index contributed by atoms with van der Waals surface area (Å²) in [7, 11) is 0. The Labute approximate surface area is 114 Å². The summed E-state index contributed by atoms with van der Waals surface area (Å²) in [5.41, 5.74) is 2.33. The van der Waals surface area contributed by atoms with Crippen LogP contribution >= 0.6 is 0 Å². The summed E-state index contributed by atoms with van der Waals surface area (Å²) in [5, 5.41) is 9.39. The van der Waals surface area contributed by atoms with Crippen molar-refractivity contribution in [2.75, 3.05) is 0 Å². The number of rotatable bonds is 5. The van der Waals surface area contributed by atoms with Gasteiger partial charge >= 0.3 is 0 Å². The molecule has 0 bridgehead atoms. The molecule has 0 fully saturated rings. The van der Waals surface area contributed by atoms with E-state index in [9.17, 15) is 5.26 Å². The largest absolute Gasteiger partial charge is 0.264 e. The van der Waals surface area contributed by atoms with E-state index in [2.05, 4.69) is 42.2 Å². The smallest absolute Gasteiger partial charge is 0.0733 e. The molecule has 2 rings (SSSR count). The Hall–Kier alpha value is -2.14. The highest BCUT2D eigenvalue weighted by atomic mass is 14.6. The van der Waals surface area contributed by atoms with Crippen LogP contribution in [0.1, 0.15) is 42.7 Å². The van der Waals surface area contributed by atoms with E-state index in [1.807, 2.05) is 18.2 Å². The van der Waals surface area contributed by atoms with Crippen LogP contribution < -0.4 is 0 Å². The molecule has 0 aliphatic carbocycles. The minimum Gasteiger partial charge on any atom is -0.264 e. The molecule has 0 spiro atoms. The molecule has 2 aromatic rings. The van der Waals surface area contributed by atoms with Crippen molar-refractivity contribution < 1.29 is 0 Å². The van der Waals surface area contributed by atoms with E-state index in [4.69, 9.17) is 0 Å². The summed E-state index contributed by atoms with van der Waals surface area (Å²) in [6.45, 7) is 2.18. The summed E-state index contributed by atoms with van der Waals surface area (Å²) >= 11 is 0. The number of nitrogens with zero attached hydrogens (tertiary/aromatic N) is 2. The maximum absolute atomic E-state index is 9.39. The highest BCUT2D eigenvalue weighted by molar-refractivity contribution is 5.25. The Kier molecular flexibility index (Phi) is 4.69. The van der Waals surface area contributed by atoms with Crippen LogP contribution in [0.4, 0.5) is 0 Å². The monoisotopic (exact) mass is 250 g/mol. The van der Waals surface area contributed by atoms with Gasteiger partial charge in [0.15, 0.2) is 0 Å². The molecule has 0 unspecified atom stereocenters. The summed E-state index contributed by atoms with van der Waals surface area (Å²) in [6.07, 6.45) is 5.43. The quantitative estimate of drug-likeness (QED) is 0.794. The third-order valence-corrected chi connectivity index (χ3v) is 3.53. The van der Waals surface area contributed by atoms with E-state index < -0.39 is 0 Å². The van der Waals surface area contributed by atoms with Crippen molar-refractivity contribution in [3.05, 3.63) is 66.0 Å². The number of pyridine rings is 1. The molecule has 1 aromatic carbocycles. The molecule has 0 aliphatic rings. The van der Waals surface area contributed by atoms with Crippen molar-refractivity contribution in [1.82, 2.24) is 4.98 Å². The molecule has 0 N–H and O–H groups in total. The lowest BCUT2D eigenvalue weighted by molar-refractivity contribution is 0.575. The first-order chi connectivity index (χ1) is 9.35. The van der Waals surface area contributed by atoms with Crippen LogP contribution in [0.3, 0.4) is 0 Å². The maximum Gasteiger partial charge on any atom is 0.0733 e. The zero-order valence-corrected chi connectivity index (χ0v) is 11.2. The van der Waals surface area contributed by atoms with Crippen molar-refractivity contribution >= 4 is 0 Å². The Morgan fingerprint density at radius 1 is 1.11 bits per heavy atom. The molecule has 2 atom stereocenters. The minimum atomic E-state index is -0.0844. The molecule has 0 aliphatic heterocycles. The molecular weight excluding hydrogens is 232 g/mol. The summed E-state index contributed by atoms with van der Waals surface area (Å²) in [6, 6.07) is 16.7. The number of nitriles is 1. The molecule has 1 aromatic heterocycles. The molecule has 0 amide bonds. The lowest BCUT2D eigenvalue weighted by Crippen LogP contribution is -2.05. The van der Waals surface area contributed by atoms with Crippen LogP contribution in [0.25, 0.3) is 0 Å². The summed E-state index contributed by atoms with van der Waals surface area (Å²) < 4.78 is 0. The second-order valence-corrected chi connectivity index (χ2v) is 4.72. The van der Waals surface area contributed by atoms with E-state index >= 15 is 0 Å². The van der Waals surface area contributed by atoms with E-state index in [-0.39, 0.29) is 5.92 Å². The van der Waals surface area contributed by atoms with E-state index in [0.29, 0.717) is 5.92 Å². The van der Waals surface area contributed by atoms with Gasteiger partial charge in [0.2, 0.25) is 0 Å². The van der Waals surface area contributed by atoms with Crippen LogP contribution in [0, 0.1) is 11.3 Å². The van der Waals surface area contributed by atoms with Gasteiger partial charge in [-0.3, -0.25) is 4.98 Å². The fraction of sp³-hybridized carbons (Fsp3) is 0.294. The van der Waals surface area contributed by atoms with Gasteiger partial charge in [-0.15, -0.1) is 0 Å². The molecule has 2 nitrogen and oxygen atoms in total. The third kappa shape index (κ3) is 3.42. The Bertz CT molecular complexity index is 528. The maximum atomic E-state index is 9.39. The first-order valence-electron chi connectivity index (χ1n) is 6.69. The molecule has 0 radical (unpaired) electrons. The molecule has 0 saturated heterocycles. The highest BCUT2D eigenvalue weighted by Crippen LogP contribution is 2.31. The van der Waals surface area contributed by atoms with Crippen molar-refractivity contribution in [1.29, 1.82) is 5.26 Å². The highest BCUT2D eigenvalue weighted by Gasteiger charge is 2.18. The fourth-order valence-corrected chi connectivity index (χ4v) is 2.39. The van der Waals surface area contributed by atoms with Gasteiger partial charge in [0.05, 0.1) is 12.0 Å². The lowest BCUT2D eigenvalue weighted by atomic mass is 9.85. The van der Waals surface area contributed by atoms with E-state index in [1.165, 1.54) is 5.56 Å². The van der Waals surface area contributed by atoms with E-state index in [0.717, 1.165) is 18.4 Å². The number of hydrogen-bond donors (Lipinski definition) is 0. The van der Waals surface area contributed by atoms with Gasteiger partial charge in [0, 0.05) is 12.4 Å².